The predicted octanol–water partition coefficient (Wildman–Crippen LogP) is 5.76. The molecule has 7 nitrogen and oxygen atoms in total. The van der Waals surface area contributed by atoms with E-state index in [1.54, 1.807) is 7.11 Å². The summed E-state index contributed by atoms with van der Waals surface area (Å²) in [5, 5.41) is 4.83. The molecule has 2 fully saturated rings. The Morgan fingerprint density at radius 2 is 1.87 bits per heavy atom. The molecule has 7 heteroatoms. The number of piperidine rings is 1. The van der Waals surface area contributed by atoms with Gasteiger partial charge in [0.2, 0.25) is 0 Å². The van der Waals surface area contributed by atoms with E-state index in [4.69, 9.17) is 14.5 Å². The summed E-state index contributed by atoms with van der Waals surface area (Å²) < 4.78 is 10.8. The second-order valence-electron chi connectivity index (χ2n) is 11.1. The zero-order valence-electron chi connectivity index (χ0n) is 22.9. The number of rotatable bonds is 9. The number of nitrogens with zero attached hydrogens (tertiary/aromatic N) is 3. The van der Waals surface area contributed by atoms with E-state index < -0.39 is 0 Å². The molecule has 3 heterocycles. The van der Waals surface area contributed by atoms with Crippen LogP contribution in [0.25, 0.3) is 22.2 Å². The fourth-order valence-corrected chi connectivity index (χ4v) is 5.70. The van der Waals surface area contributed by atoms with Crippen LogP contribution in [0.2, 0.25) is 0 Å². The highest BCUT2D eigenvalue weighted by Crippen LogP contribution is 2.32. The van der Waals surface area contributed by atoms with Crippen LogP contribution < -0.4 is 10.1 Å². The van der Waals surface area contributed by atoms with Gasteiger partial charge in [0.25, 0.3) is 0 Å². The van der Waals surface area contributed by atoms with Crippen LogP contribution in [0.5, 0.6) is 5.75 Å². The maximum atomic E-state index is 12.4. The van der Waals surface area contributed by atoms with Gasteiger partial charge in [-0.1, -0.05) is 32.0 Å². The number of amides is 1. The van der Waals surface area contributed by atoms with Gasteiger partial charge in [-0.15, -0.1) is 0 Å². The fourth-order valence-electron chi connectivity index (χ4n) is 5.70. The van der Waals surface area contributed by atoms with E-state index in [0.717, 1.165) is 85.7 Å². The predicted molar refractivity (Wildman–Crippen MR) is 153 cm³/mol. The maximum Gasteiger partial charge on any atom is 0.409 e. The lowest BCUT2D eigenvalue weighted by molar-refractivity contribution is 0.0702. The number of benzene rings is 2. The Balaban J connectivity index is 1.15. The molecule has 2 aromatic carbocycles. The maximum absolute atomic E-state index is 12.4. The monoisotopic (exact) mass is 516 g/mol. The van der Waals surface area contributed by atoms with Crippen LogP contribution in [-0.4, -0.2) is 73.9 Å². The molecule has 38 heavy (non-hydrogen) atoms. The first-order valence-electron chi connectivity index (χ1n) is 13.9. The summed E-state index contributed by atoms with van der Waals surface area (Å²) in [6.45, 7) is 10.4. The Labute approximate surface area is 226 Å². The number of ether oxygens (including phenoxy) is 2. The fraction of sp³-hybridized carbons (Fsp3) is 0.484. The zero-order chi connectivity index (χ0) is 26.5. The first-order valence-corrected chi connectivity index (χ1v) is 13.9. The molecule has 0 bridgehead atoms. The number of carbonyl (C=O) groups is 1. The van der Waals surface area contributed by atoms with Crippen LogP contribution in [0.15, 0.2) is 54.6 Å². The molecule has 202 valence electrons. The third kappa shape index (κ3) is 6.21. The van der Waals surface area contributed by atoms with E-state index >= 15 is 0 Å². The normalized spacial score (nSPS) is 19.5. The van der Waals surface area contributed by atoms with Crippen LogP contribution in [0.4, 0.5) is 10.5 Å². The summed E-state index contributed by atoms with van der Waals surface area (Å²) in [6.07, 6.45) is 2.00. The van der Waals surface area contributed by atoms with E-state index in [1.807, 2.05) is 23.1 Å². The molecule has 0 aliphatic carbocycles. The lowest BCUT2D eigenvalue weighted by atomic mass is 9.89. The van der Waals surface area contributed by atoms with Crippen LogP contribution in [0, 0.1) is 17.8 Å². The van der Waals surface area contributed by atoms with Crippen LogP contribution >= 0.6 is 0 Å². The van der Waals surface area contributed by atoms with Crippen molar-refractivity contribution in [3.8, 4) is 17.0 Å². The number of hydrogen-bond acceptors (Lipinski definition) is 6. The first-order chi connectivity index (χ1) is 18.5. The molecule has 2 aliphatic rings. The number of nitrogens with one attached hydrogen (secondary N) is 1. The number of methoxy groups -OCH3 is 1. The lowest BCUT2D eigenvalue weighted by Gasteiger charge is -2.33. The molecular weight excluding hydrogens is 476 g/mol. The standard InChI is InChI=1S/C31H40N4O3/c1-22(2)21-38-31(36)35-16-13-24-18-34(19-25(24)20-35)15-6-14-32-30-17-29(23-9-11-26(37-3)12-10-23)33-28-8-5-4-7-27(28)30/h4-5,7-12,17,22,24-25H,6,13-16,18-21H2,1-3H3,(H,32,33). The van der Waals surface area contributed by atoms with Gasteiger partial charge in [0.1, 0.15) is 5.75 Å². The van der Waals surface area contributed by atoms with Crippen molar-refractivity contribution in [2.45, 2.75) is 26.7 Å². The summed E-state index contributed by atoms with van der Waals surface area (Å²) in [5.74, 6) is 2.45. The Kier molecular flexibility index (Phi) is 8.32. The Morgan fingerprint density at radius 1 is 1.08 bits per heavy atom. The number of anilines is 1. The van der Waals surface area contributed by atoms with E-state index in [9.17, 15) is 4.79 Å². The van der Waals surface area contributed by atoms with Gasteiger partial charge >= 0.3 is 6.09 Å². The SMILES string of the molecule is COc1ccc(-c2cc(NCCCN3CC4CCN(C(=O)OCC(C)C)CC4C3)c3ccccc3n2)cc1. The highest BCUT2D eigenvalue weighted by atomic mass is 16.6. The summed E-state index contributed by atoms with van der Waals surface area (Å²) in [7, 11) is 1.68. The van der Waals surface area contributed by atoms with Gasteiger partial charge in [0, 0.05) is 49.4 Å². The summed E-state index contributed by atoms with van der Waals surface area (Å²) in [4.78, 5) is 21.8. The zero-order valence-corrected chi connectivity index (χ0v) is 22.9. The van der Waals surface area contributed by atoms with Gasteiger partial charge < -0.3 is 24.6 Å². The van der Waals surface area contributed by atoms with E-state index in [-0.39, 0.29) is 6.09 Å². The van der Waals surface area contributed by atoms with Crippen molar-refractivity contribution in [1.29, 1.82) is 0 Å². The molecule has 5 rings (SSSR count). The second kappa shape index (κ2) is 12.0. The van der Waals surface area contributed by atoms with E-state index in [2.05, 4.69) is 60.5 Å². The second-order valence-corrected chi connectivity index (χ2v) is 11.1. The van der Waals surface area contributed by atoms with E-state index in [1.165, 1.54) is 0 Å². The molecule has 0 radical (unpaired) electrons. The Morgan fingerprint density at radius 3 is 2.66 bits per heavy atom. The molecule has 2 saturated heterocycles. The van der Waals surface area contributed by atoms with Gasteiger partial charge in [-0.05, 0) is 73.5 Å². The minimum Gasteiger partial charge on any atom is -0.497 e. The highest BCUT2D eigenvalue weighted by Gasteiger charge is 2.38. The van der Waals surface area contributed by atoms with Gasteiger partial charge in [0.05, 0.1) is 24.9 Å². The van der Waals surface area contributed by atoms with Crippen molar-refractivity contribution in [3.63, 3.8) is 0 Å². The number of carbonyl (C=O) groups excluding carboxylic acids is 1. The van der Waals surface area contributed by atoms with Crippen molar-refractivity contribution < 1.29 is 14.3 Å². The molecule has 1 N–H and O–H groups in total. The van der Waals surface area contributed by atoms with Gasteiger partial charge in [-0.3, -0.25) is 0 Å². The molecule has 2 unspecified atom stereocenters. The van der Waals surface area contributed by atoms with Crippen molar-refractivity contribution in [2.24, 2.45) is 17.8 Å². The van der Waals surface area contributed by atoms with Crippen LogP contribution in [0.3, 0.4) is 0 Å². The van der Waals surface area contributed by atoms with Crippen LogP contribution in [0.1, 0.15) is 26.7 Å². The third-order valence-electron chi connectivity index (χ3n) is 7.74. The summed E-state index contributed by atoms with van der Waals surface area (Å²) in [5.41, 5.74) is 4.13. The molecule has 2 aliphatic heterocycles. The van der Waals surface area contributed by atoms with Gasteiger partial charge in [0.15, 0.2) is 0 Å². The highest BCUT2D eigenvalue weighted by molar-refractivity contribution is 5.93. The first kappa shape index (κ1) is 26.3. The average Bonchev–Trinajstić information content (AvgIpc) is 3.36. The average molecular weight is 517 g/mol. The van der Waals surface area contributed by atoms with E-state index in [0.29, 0.717) is 24.4 Å². The van der Waals surface area contributed by atoms with Crippen molar-refractivity contribution in [3.05, 3.63) is 54.6 Å². The lowest BCUT2D eigenvalue weighted by Crippen LogP contribution is -2.43. The quantitative estimate of drug-likeness (QED) is 0.365. The molecule has 1 aromatic heterocycles. The van der Waals surface area contributed by atoms with Crippen molar-refractivity contribution in [2.75, 3.05) is 58.3 Å². The summed E-state index contributed by atoms with van der Waals surface area (Å²) in [6, 6.07) is 18.5. The molecule has 0 saturated carbocycles. The molecular formula is C31H40N4O3. The largest absolute Gasteiger partial charge is 0.497 e. The topological polar surface area (TPSA) is 66.9 Å². The van der Waals surface area contributed by atoms with Crippen LogP contribution in [-0.2, 0) is 4.74 Å². The molecule has 2 atom stereocenters. The minimum atomic E-state index is -0.140. The minimum absolute atomic E-state index is 0.140. The number of aromatic nitrogens is 1. The number of hydrogen-bond donors (Lipinski definition) is 1. The van der Waals surface area contributed by atoms with Crippen molar-refractivity contribution >= 4 is 22.7 Å². The summed E-state index contributed by atoms with van der Waals surface area (Å²) >= 11 is 0. The molecule has 1 amide bonds. The van der Waals surface area contributed by atoms with Crippen molar-refractivity contribution in [1.82, 2.24) is 14.8 Å². The Hall–Kier alpha value is -3.32. The van der Waals surface area contributed by atoms with Gasteiger partial charge in [-0.25, -0.2) is 9.78 Å². The number of para-hydroxylation sites is 1. The molecule has 3 aromatic rings. The molecule has 0 spiro atoms. The number of pyridine rings is 1. The van der Waals surface area contributed by atoms with Gasteiger partial charge in [-0.2, -0.15) is 0 Å². The smallest absolute Gasteiger partial charge is 0.409 e. The Bertz CT molecular complexity index is 1230. The number of fused-ring (bicyclic) bond motifs is 2. The third-order valence-corrected chi connectivity index (χ3v) is 7.74. The number of likely N-dealkylation sites (tertiary alicyclic amines) is 2.